The predicted octanol–water partition coefficient (Wildman–Crippen LogP) is 3.87. The van der Waals surface area contributed by atoms with E-state index in [1.807, 2.05) is 54.9 Å². The van der Waals surface area contributed by atoms with Crippen LogP contribution in [0, 0.1) is 0 Å². The normalized spacial score (nSPS) is 14.3. The van der Waals surface area contributed by atoms with E-state index in [-0.39, 0.29) is 17.9 Å². The molecule has 1 aliphatic heterocycles. The van der Waals surface area contributed by atoms with Crippen molar-refractivity contribution in [3.63, 3.8) is 0 Å². The Kier molecular flexibility index (Phi) is 5.42. The van der Waals surface area contributed by atoms with E-state index >= 15 is 0 Å². The zero-order valence-electron chi connectivity index (χ0n) is 18.6. The summed E-state index contributed by atoms with van der Waals surface area (Å²) < 4.78 is 7.07. The Morgan fingerprint density at radius 2 is 1.64 bits per heavy atom. The Morgan fingerprint density at radius 1 is 0.939 bits per heavy atom. The zero-order chi connectivity index (χ0) is 22.9. The average Bonchev–Trinajstić information content (AvgIpc) is 3.53. The minimum Gasteiger partial charge on any atom is -0.459 e. The van der Waals surface area contributed by atoms with Crippen LogP contribution in [0.4, 0.5) is 0 Å². The molecule has 4 heterocycles. The van der Waals surface area contributed by atoms with Crippen LogP contribution in [-0.4, -0.2) is 62.6 Å². The highest BCUT2D eigenvalue weighted by Gasteiger charge is 2.28. The molecule has 3 aromatic heterocycles. The summed E-state index contributed by atoms with van der Waals surface area (Å²) in [6, 6.07) is 15.2. The van der Waals surface area contributed by atoms with Crippen LogP contribution in [0.1, 0.15) is 40.8 Å². The molecule has 1 fully saturated rings. The lowest BCUT2D eigenvalue weighted by atomic mass is 10.1. The summed E-state index contributed by atoms with van der Waals surface area (Å²) in [5, 5.41) is 5.24. The number of amides is 2. The van der Waals surface area contributed by atoms with E-state index in [4.69, 9.17) is 9.40 Å². The number of nitrogens with zero attached hydrogens (tertiary/aromatic N) is 5. The molecule has 168 valence electrons. The molecule has 1 saturated heterocycles. The summed E-state index contributed by atoms with van der Waals surface area (Å²) in [5.41, 5.74) is 2.96. The number of hydrogen-bond acceptors (Lipinski definition) is 5. The molecule has 2 amide bonds. The third-order valence-electron chi connectivity index (χ3n) is 5.94. The van der Waals surface area contributed by atoms with Gasteiger partial charge in [0.25, 0.3) is 11.8 Å². The highest BCUT2D eigenvalue weighted by atomic mass is 16.3. The minimum absolute atomic E-state index is 0.0759. The van der Waals surface area contributed by atoms with Gasteiger partial charge >= 0.3 is 0 Å². The van der Waals surface area contributed by atoms with Crippen LogP contribution in [0.5, 0.6) is 0 Å². The Hall–Kier alpha value is -3.94. The Morgan fingerprint density at radius 3 is 2.27 bits per heavy atom. The fourth-order valence-electron chi connectivity index (χ4n) is 4.17. The summed E-state index contributed by atoms with van der Waals surface area (Å²) in [5.74, 6) is 0.0928. The average molecular weight is 444 g/mol. The van der Waals surface area contributed by atoms with E-state index in [2.05, 4.69) is 5.10 Å². The van der Waals surface area contributed by atoms with E-state index in [0.717, 1.165) is 16.6 Å². The first-order chi connectivity index (χ1) is 16.0. The summed E-state index contributed by atoms with van der Waals surface area (Å²) in [4.78, 5) is 34.5. The Labute approximate surface area is 191 Å². The van der Waals surface area contributed by atoms with Gasteiger partial charge in [0.2, 0.25) is 0 Å². The van der Waals surface area contributed by atoms with Crippen molar-refractivity contribution in [2.45, 2.75) is 19.9 Å². The van der Waals surface area contributed by atoms with Crippen LogP contribution in [0.2, 0.25) is 0 Å². The second-order valence-electron chi connectivity index (χ2n) is 8.40. The van der Waals surface area contributed by atoms with Crippen molar-refractivity contribution in [2.24, 2.45) is 0 Å². The molecule has 0 radical (unpaired) electrons. The standard InChI is InChI=1S/C25H25N5O3/c1-17(2)30-23-20(16-26-30)19(15-21(27-23)18-7-4-3-5-8-18)24(31)28-10-12-29(13-11-28)25(32)22-9-6-14-33-22/h3-9,14-17H,10-13H2,1-2H3. The molecule has 0 bridgehead atoms. The van der Waals surface area contributed by atoms with Gasteiger partial charge in [0, 0.05) is 37.8 Å². The number of carbonyl (C=O) groups excluding carboxylic acids is 2. The van der Waals surface area contributed by atoms with Crippen molar-refractivity contribution in [1.82, 2.24) is 24.6 Å². The van der Waals surface area contributed by atoms with Crippen molar-refractivity contribution in [3.8, 4) is 11.3 Å². The number of hydrogen-bond donors (Lipinski definition) is 0. The van der Waals surface area contributed by atoms with Crippen LogP contribution in [0.3, 0.4) is 0 Å². The Bertz CT molecular complexity index is 1290. The van der Waals surface area contributed by atoms with E-state index < -0.39 is 0 Å². The molecule has 1 aromatic carbocycles. The minimum atomic E-state index is -0.150. The van der Waals surface area contributed by atoms with Crippen molar-refractivity contribution in [3.05, 3.63) is 72.3 Å². The molecule has 0 N–H and O–H groups in total. The molecule has 0 unspecified atom stereocenters. The van der Waals surface area contributed by atoms with Crippen LogP contribution >= 0.6 is 0 Å². The number of carbonyl (C=O) groups is 2. The van der Waals surface area contributed by atoms with Gasteiger partial charge in [0.15, 0.2) is 11.4 Å². The molecule has 33 heavy (non-hydrogen) atoms. The van der Waals surface area contributed by atoms with Crippen molar-refractivity contribution in [2.75, 3.05) is 26.2 Å². The zero-order valence-corrected chi connectivity index (χ0v) is 18.6. The van der Waals surface area contributed by atoms with E-state index in [1.165, 1.54) is 6.26 Å². The van der Waals surface area contributed by atoms with Gasteiger partial charge in [-0.25, -0.2) is 9.67 Å². The number of pyridine rings is 1. The SMILES string of the molecule is CC(C)n1ncc2c(C(=O)N3CCN(C(=O)c4ccco4)CC3)cc(-c3ccccc3)nc21. The second kappa shape index (κ2) is 8.54. The molecule has 8 heteroatoms. The number of fused-ring (bicyclic) bond motifs is 1. The molecule has 5 rings (SSSR count). The van der Waals surface area contributed by atoms with Crippen LogP contribution < -0.4 is 0 Å². The van der Waals surface area contributed by atoms with Gasteiger partial charge in [-0.05, 0) is 32.0 Å². The second-order valence-corrected chi connectivity index (χ2v) is 8.40. The smallest absolute Gasteiger partial charge is 0.289 e. The summed E-state index contributed by atoms with van der Waals surface area (Å²) in [7, 11) is 0. The molecular formula is C25H25N5O3. The summed E-state index contributed by atoms with van der Waals surface area (Å²) >= 11 is 0. The van der Waals surface area contributed by atoms with Crippen molar-refractivity contribution in [1.29, 1.82) is 0 Å². The van der Waals surface area contributed by atoms with Gasteiger partial charge in [-0.3, -0.25) is 9.59 Å². The number of furan rings is 1. The lowest BCUT2D eigenvalue weighted by Crippen LogP contribution is -2.50. The molecular weight excluding hydrogens is 418 g/mol. The maximum atomic E-state index is 13.6. The first-order valence-electron chi connectivity index (χ1n) is 11.1. The highest BCUT2D eigenvalue weighted by Crippen LogP contribution is 2.27. The fraction of sp³-hybridized carbons (Fsp3) is 0.280. The lowest BCUT2D eigenvalue weighted by molar-refractivity contribution is 0.0519. The van der Waals surface area contributed by atoms with Gasteiger partial charge in [-0.2, -0.15) is 5.10 Å². The molecule has 8 nitrogen and oxygen atoms in total. The molecule has 0 atom stereocenters. The topological polar surface area (TPSA) is 84.5 Å². The Balaban J connectivity index is 1.45. The molecule has 0 aliphatic carbocycles. The molecule has 0 spiro atoms. The number of aromatic nitrogens is 3. The highest BCUT2D eigenvalue weighted by molar-refractivity contribution is 6.06. The quantitative estimate of drug-likeness (QED) is 0.478. The van der Waals surface area contributed by atoms with Crippen molar-refractivity contribution >= 4 is 22.8 Å². The number of piperazine rings is 1. The molecule has 1 aliphatic rings. The third kappa shape index (κ3) is 3.88. The number of benzene rings is 1. The predicted molar refractivity (Wildman–Crippen MR) is 124 cm³/mol. The maximum absolute atomic E-state index is 13.6. The van der Waals surface area contributed by atoms with Crippen LogP contribution in [0.15, 0.2) is 65.4 Å². The maximum Gasteiger partial charge on any atom is 0.289 e. The van der Waals surface area contributed by atoms with Gasteiger partial charge in [0.1, 0.15) is 0 Å². The van der Waals surface area contributed by atoms with Crippen LogP contribution in [-0.2, 0) is 0 Å². The first-order valence-corrected chi connectivity index (χ1v) is 11.1. The van der Waals surface area contributed by atoms with Gasteiger partial charge in [0.05, 0.1) is 29.1 Å². The fourth-order valence-corrected chi connectivity index (χ4v) is 4.17. The van der Waals surface area contributed by atoms with Crippen LogP contribution in [0.25, 0.3) is 22.3 Å². The van der Waals surface area contributed by atoms with E-state index in [1.54, 1.807) is 28.1 Å². The molecule has 0 saturated carbocycles. The van der Waals surface area contributed by atoms with E-state index in [0.29, 0.717) is 43.1 Å². The van der Waals surface area contributed by atoms with Gasteiger partial charge in [-0.15, -0.1) is 0 Å². The van der Waals surface area contributed by atoms with E-state index in [9.17, 15) is 9.59 Å². The molecule has 4 aromatic rings. The number of rotatable bonds is 4. The van der Waals surface area contributed by atoms with Gasteiger partial charge < -0.3 is 14.2 Å². The summed E-state index contributed by atoms with van der Waals surface area (Å²) in [6.07, 6.45) is 3.21. The monoisotopic (exact) mass is 443 g/mol. The third-order valence-corrected chi connectivity index (χ3v) is 5.94. The largest absolute Gasteiger partial charge is 0.459 e. The lowest BCUT2D eigenvalue weighted by Gasteiger charge is -2.34. The van der Waals surface area contributed by atoms with Gasteiger partial charge in [-0.1, -0.05) is 30.3 Å². The van der Waals surface area contributed by atoms with Crippen molar-refractivity contribution < 1.29 is 14.0 Å². The first kappa shape index (κ1) is 20.9. The summed E-state index contributed by atoms with van der Waals surface area (Å²) in [6.45, 7) is 5.90.